The van der Waals surface area contributed by atoms with E-state index in [2.05, 4.69) is 23.9 Å². The van der Waals surface area contributed by atoms with Crippen LogP contribution in [0.4, 0.5) is 0 Å². The smallest absolute Gasteiger partial charge is 0.242 e. The third-order valence-corrected chi connectivity index (χ3v) is 6.47. The molecule has 0 radical (unpaired) electrons. The fourth-order valence-corrected chi connectivity index (χ4v) is 5.15. The Kier molecular flexibility index (Phi) is 4.59. The van der Waals surface area contributed by atoms with Crippen molar-refractivity contribution in [3.63, 3.8) is 0 Å². The molecule has 0 aromatic carbocycles. The van der Waals surface area contributed by atoms with Crippen molar-refractivity contribution in [1.29, 1.82) is 0 Å². The molecule has 6 heteroatoms. The minimum atomic E-state index is -3.44. The number of sulfonamides is 1. The van der Waals surface area contributed by atoms with Gasteiger partial charge in [0.05, 0.1) is 4.90 Å². The lowest BCUT2D eigenvalue weighted by molar-refractivity contribution is 0.400. The van der Waals surface area contributed by atoms with Crippen LogP contribution in [0, 0.1) is 5.92 Å². The summed E-state index contributed by atoms with van der Waals surface area (Å²) >= 11 is 1.49. The Balaban J connectivity index is 2.15. The molecule has 1 aromatic heterocycles. The van der Waals surface area contributed by atoms with E-state index in [1.165, 1.54) is 11.3 Å². The van der Waals surface area contributed by atoms with E-state index in [4.69, 9.17) is 0 Å². The second-order valence-corrected chi connectivity index (χ2v) is 9.00. The van der Waals surface area contributed by atoms with E-state index in [9.17, 15) is 8.42 Å². The third-order valence-electron chi connectivity index (χ3n) is 3.66. The van der Waals surface area contributed by atoms with Gasteiger partial charge in [-0.15, -0.1) is 11.3 Å². The van der Waals surface area contributed by atoms with Gasteiger partial charge in [-0.25, -0.2) is 13.1 Å². The average Bonchev–Trinajstić information content (AvgIpc) is 3.05. The molecule has 0 amide bonds. The maximum atomic E-state index is 12.6. The van der Waals surface area contributed by atoms with Crippen LogP contribution in [0.3, 0.4) is 0 Å². The van der Waals surface area contributed by atoms with Crippen molar-refractivity contribution in [2.75, 3.05) is 0 Å². The molecule has 0 atom stereocenters. The summed E-state index contributed by atoms with van der Waals surface area (Å²) in [6.45, 7) is 8.64. The quantitative estimate of drug-likeness (QED) is 0.813. The summed E-state index contributed by atoms with van der Waals surface area (Å²) < 4.78 is 28.0. The monoisotopic (exact) mass is 316 g/mol. The maximum absolute atomic E-state index is 12.6. The van der Waals surface area contributed by atoms with E-state index in [1.54, 1.807) is 6.07 Å². The van der Waals surface area contributed by atoms with Crippen LogP contribution in [0.25, 0.3) is 0 Å². The van der Waals surface area contributed by atoms with Crippen molar-refractivity contribution < 1.29 is 8.42 Å². The lowest BCUT2D eigenvalue weighted by Crippen LogP contribution is -2.45. The second-order valence-electron chi connectivity index (χ2n) is 6.35. The van der Waals surface area contributed by atoms with Crippen LogP contribution in [0.5, 0.6) is 0 Å². The van der Waals surface area contributed by atoms with Crippen molar-refractivity contribution in [1.82, 2.24) is 10.0 Å². The topological polar surface area (TPSA) is 58.2 Å². The number of hydrogen-bond donors (Lipinski definition) is 2. The molecular weight excluding hydrogens is 292 g/mol. The van der Waals surface area contributed by atoms with Gasteiger partial charge in [-0.3, -0.25) is 0 Å². The molecule has 1 fully saturated rings. The predicted molar refractivity (Wildman–Crippen MR) is 83.4 cm³/mol. The highest BCUT2D eigenvalue weighted by molar-refractivity contribution is 7.89. The molecule has 1 aromatic rings. The first-order valence-corrected chi connectivity index (χ1v) is 9.42. The van der Waals surface area contributed by atoms with Gasteiger partial charge in [0, 0.05) is 23.0 Å². The molecule has 1 saturated carbocycles. The average molecular weight is 316 g/mol. The van der Waals surface area contributed by atoms with Crippen LogP contribution >= 0.6 is 11.3 Å². The summed E-state index contributed by atoms with van der Waals surface area (Å²) in [4.78, 5) is 1.29. The zero-order valence-electron chi connectivity index (χ0n) is 12.6. The van der Waals surface area contributed by atoms with Gasteiger partial charge in [-0.05, 0) is 44.1 Å². The van der Waals surface area contributed by atoms with Crippen molar-refractivity contribution >= 4 is 21.4 Å². The fourth-order valence-electron chi connectivity index (χ4n) is 2.28. The molecule has 2 N–H and O–H groups in total. The molecule has 1 aliphatic carbocycles. The van der Waals surface area contributed by atoms with Crippen LogP contribution in [0.2, 0.25) is 0 Å². The molecule has 0 unspecified atom stereocenters. The van der Waals surface area contributed by atoms with E-state index >= 15 is 0 Å². The standard InChI is InChI=1S/C14H24N2O2S2/c1-10(2)15-9-12-13(7-8-19-12)20(17,18)16-14(3,4)11-5-6-11/h7-8,10-11,15-16H,5-6,9H2,1-4H3. The van der Waals surface area contributed by atoms with Crippen molar-refractivity contribution in [3.8, 4) is 0 Å². The molecule has 0 aliphatic heterocycles. The largest absolute Gasteiger partial charge is 0.310 e. The summed E-state index contributed by atoms with van der Waals surface area (Å²) in [5.74, 6) is 0.466. The van der Waals surface area contributed by atoms with Crippen LogP contribution in [0.15, 0.2) is 16.3 Å². The van der Waals surface area contributed by atoms with E-state index in [1.807, 2.05) is 19.2 Å². The zero-order chi connectivity index (χ0) is 15.0. The Morgan fingerprint density at radius 1 is 1.40 bits per heavy atom. The summed E-state index contributed by atoms with van der Waals surface area (Å²) in [7, 11) is -3.44. The molecule has 1 aliphatic rings. The number of thiophene rings is 1. The Bertz CT molecular complexity index is 557. The normalized spacial score (nSPS) is 16.9. The molecule has 0 saturated heterocycles. The fraction of sp³-hybridized carbons (Fsp3) is 0.714. The lowest BCUT2D eigenvalue weighted by atomic mass is 10.0. The van der Waals surface area contributed by atoms with Gasteiger partial charge in [-0.1, -0.05) is 13.8 Å². The summed E-state index contributed by atoms with van der Waals surface area (Å²) in [5, 5.41) is 5.12. The van der Waals surface area contributed by atoms with Gasteiger partial charge in [-0.2, -0.15) is 0 Å². The van der Waals surface area contributed by atoms with E-state index in [0.29, 0.717) is 23.4 Å². The Morgan fingerprint density at radius 2 is 2.05 bits per heavy atom. The van der Waals surface area contributed by atoms with Gasteiger partial charge in [0.25, 0.3) is 0 Å². The molecule has 114 valence electrons. The molecule has 0 spiro atoms. The number of rotatable bonds is 7. The van der Waals surface area contributed by atoms with Crippen molar-refractivity contribution in [3.05, 3.63) is 16.3 Å². The Morgan fingerprint density at radius 3 is 2.60 bits per heavy atom. The highest BCUT2D eigenvalue weighted by Crippen LogP contribution is 2.40. The Hall–Kier alpha value is -0.430. The first-order chi connectivity index (χ1) is 9.22. The van der Waals surface area contributed by atoms with E-state index in [0.717, 1.165) is 17.7 Å². The van der Waals surface area contributed by atoms with Crippen LogP contribution in [-0.2, 0) is 16.6 Å². The van der Waals surface area contributed by atoms with Gasteiger partial charge in [0.2, 0.25) is 10.0 Å². The lowest BCUT2D eigenvalue weighted by Gasteiger charge is -2.25. The van der Waals surface area contributed by atoms with Crippen LogP contribution in [-0.4, -0.2) is 20.0 Å². The van der Waals surface area contributed by atoms with Crippen LogP contribution < -0.4 is 10.0 Å². The van der Waals surface area contributed by atoms with Gasteiger partial charge in [0.15, 0.2) is 0 Å². The van der Waals surface area contributed by atoms with Crippen molar-refractivity contribution in [2.24, 2.45) is 5.92 Å². The van der Waals surface area contributed by atoms with Gasteiger partial charge < -0.3 is 5.32 Å². The minimum Gasteiger partial charge on any atom is -0.310 e. The van der Waals surface area contributed by atoms with E-state index < -0.39 is 10.0 Å². The number of hydrogen-bond acceptors (Lipinski definition) is 4. The van der Waals surface area contributed by atoms with E-state index in [-0.39, 0.29) is 5.54 Å². The van der Waals surface area contributed by atoms with Crippen molar-refractivity contribution in [2.45, 2.75) is 63.6 Å². The summed E-state index contributed by atoms with van der Waals surface area (Å²) in [5.41, 5.74) is -0.358. The first-order valence-electron chi connectivity index (χ1n) is 7.06. The molecule has 20 heavy (non-hydrogen) atoms. The zero-order valence-corrected chi connectivity index (χ0v) is 14.2. The maximum Gasteiger partial charge on any atom is 0.242 e. The SMILES string of the molecule is CC(C)NCc1sccc1S(=O)(=O)NC(C)(C)C1CC1. The predicted octanol–water partition coefficient (Wildman–Crippen LogP) is 2.71. The van der Waals surface area contributed by atoms with Crippen LogP contribution in [0.1, 0.15) is 45.4 Å². The molecular formula is C14H24N2O2S2. The molecule has 0 bridgehead atoms. The van der Waals surface area contributed by atoms with Gasteiger partial charge in [0.1, 0.15) is 0 Å². The molecule has 1 heterocycles. The first kappa shape index (κ1) is 15.9. The molecule has 4 nitrogen and oxygen atoms in total. The Labute approximate surface area is 126 Å². The second kappa shape index (κ2) is 5.75. The third kappa shape index (κ3) is 3.81. The molecule has 2 rings (SSSR count). The minimum absolute atomic E-state index is 0.337. The highest BCUT2D eigenvalue weighted by Gasteiger charge is 2.41. The summed E-state index contributed by atoms with van der Waals surface area (Å²) in [6, 6.07) is 2.04. The summed E-state index contributed by atoms with van der Waals surface area (Å²) in [6.07, 6.45) is 2.22. The van der Waals surface area contributed by atoms with Gasteiger partial charge >= 0.3 is 0 Å². The highest BCUT2D eigenvalue weighted by atomic mass is 32.2. The number of nitrogens with one attached hydrogen (secondary N) is 2.